The minimum absolute atomic E-state index is 0.00250. The van der Waals surface area contributed by atoms with E-state index in [9.17, 15) is 68.1 Å². The monoisotopic (exact) mass is 1890 g/mol. The fourth-order valence-electron chi connectivity index (χ4n) is 16.8. The number of hydrogen-bond donors (Lipinski definition) is 18. The maximum atomic E-state index is 16.0. The van der Waals surface area contributed by atoms with Crippen molar-refractivity contribution in [2.45, 2.75) is 248 Å². The highest BCUT2D eigenvalue weighted by molar-refractivity contribution is 8.00. The number of nitrogens with zero attached hydrogens (tertiary/aromatic N) is 6. The molecular weight excluding hydrogens is 1760 g/mol. The van der Waals surface area contributed by atoms with Crippen LogP contribution in [-0.2, 0) is 112 Å². The quantitative estimate of drug-likeness (QED) is 0.0278. The number of primary amides is 2. The molecule has 0 spiro atoms. The van der Waals surface area contributed by atoms with Crippen molar-refractivity contribution in [1.82, 2.24) is 87.2 Å². The molecule has 3 aromatic carbocycles. The number of aliphatic hydroxyl groups is 1. The summed E-state index contributed by atoms with van der Waals surface area (Å²) >= 11 is 0.785. The zero-order valence-corrected chi connectivity index (χ0v) is 78.3. The van der Waals surface area contributed by atoms with E-state index in [1.54, 1.807) is 82.4 Å². The first kappa shape index (κ1) is 107. The lowest BCUT2D eigenvalue weighted by atomic mass is 9.99. The van der Waals surface area contributed by atoms with Crippen LogP contribution in [0.4, 0.5) is 0 Å². The molecule has 2 aromatic heterocycles. The van der Waals surface area contributed by atoms with E-state index in [2.05, 4.69) is 58.2 Å². The number of hydrogen-bond acceptors (Lipinski definition) is 23. The molecule has 17 amide bonds. The lowest BCUT2D eigenvalue weighted by molar-refractivity contribution is -0.149. The highest BCUT2D eigenvalue weighted by atomic mass is 32.2. The fraction of sp³-hybridized carbons (Fsp3) is 0.560. The highest BCUT2D eigenvalue weighted by Gasteiger charge is 2.47. The number of phenols is 1. The first-order valence-electron chi connectivity index (χ1n) is 45.3. The largest absolute Gasteiger partial charge is 0.508 e. The number of nitrogens with two attached hydrogens (primary N) is 4. The van der Waals surface area contributed by atoms with Crippen molar-refractivity contribution in [3.8, 4) is 5.75 Å². The van der Waals surface area contributed by atoms with Gasteiger partial charge in [-0.1, -0.05) is 116 Å². The van der Waals surface area contributed by atoms with Gasteiger partial charge in [0, 0.05) is 106 Å². The first-order valence-corrected chi connectivity index (χ1v) is 46.5. The number of aromatic hydroxyl groups is 1. The molecule has 3 aliphatic rings. The number of carboxylic acids is 1. The summed E-state index contributed by atoms with van der Waals surface area (Å²) in [5.41, 5.74) is 25.9. The van der Waals surface area contributed by atoms with Gasteiger partial charge in [0.15, 0.2) is 0 Å². The molecule has 5 aromatic rings. The topological polar surface area (TPSA) is 629 Å². The summed E-state index contributed by atoms with van der Waals surface area (Å²) in [4.78, 5) is 271. The number of unbranched alkanes of at least 4 members (excludes halogenated alkanes) is 2. The molecule has 3 aliphatic heterocycles. The number of aromatic nitrogens is 2. The predicted octanol–water partition coefficient (Wildman–Crippen LogP) is -2.24. The number of fused-ring (bicyclic) bond motifs is 4. The summed E-state index contributed by atoms with van der Waals surface area (Å²) in [6.45, 7) is 9.26. The molecule has 134 heavy (non-hydrogen) atoms. The molecule has 43 heteroatoms. The van der Waals surface area contributed by atoms with Gasteiger partial charge in [-0.3, -0.25) is 86.3 Å². The van der Waals surface area contributed by atoms with Crippen molar-refractivity contribution in [2.24, 2.45) is 34.8 Å². The number of nitrogens with one attached hydrogen (secondary N) is 11. The second kappa shape index (κ2) is 50.4. The van der Waals surface area contributed by atoms with Crippen LogP contribution in [0.5, 0.6) is 5.75 Å². The number of rotatable bonds is 26. The maximum Gasteiger partial charge on any atom is 0.323 e. The number of aliphatic hydroxyl groups excluding tert-OH is 1. The summed E-state index contributed by atoms with van der Waals surface area (Å²) in [7, 11) is 3.91. The number of carbonyl (C=O) groups excluding carboxylic acids is 17. The van der Waals surface area contributed by atoms with Crippen LogP contribution in [0, 0.1) is 11.8 Å². The Bertz CT molecular complexity index is 5050. The van der Waals surface area contributed by atoms with Crippen LogP contribution in [0.25, 0.3) is 21.8 Å². The molecule has 8 rings (SSSR count). The Balaban J connectivity index is 1.21. The van der Waals surface area contributed by atoms with E-state index in [1.807, 2.05) is 13.8 Å². The third-order valence-corrected chi connectivity index (χ3v) is 25.1. The Hall–Kier alpha value is -12.8. The standard InChI is InChI=1S/C91H131N21O21S/c1-11-13-23-70-84(126)100-61(34-49(3)4)81(123)106-68(79(121)97-43-75(95)116)47-134-48-76(117)98-64(36-52-27-29-55(113)30-28-52)87(129)107(8)51(7)78(120)102-66(40-74(94)115)89(131)111-33-19-26-71(111)85(127)105-67(41-93)83(125)103-63(35-50(5)6)90(132)112-45-56(114)39-73(112)86(128)101-62(37-53-42-96-59-22-17-15-20-57(53)59)82(124)99-60(31-32-92)80(122)104-65(88(130)109(10)72(24-14-12-2)91(133)108(70)9)38-54-44-110(46-77(118)119)69-25-18-16-21-58(54)69/h15-18,20-22,25,27-30,42,44,49-51,56,60-68,70-73,96,113-114H,11-14,19,23-24,26,31-41,43,45-48,92-93H2,1-10H3,(H2,94,115)(H2,95,116)(H,97,121)(H,98,117)(H,99,124)(H,100,126)(H,101,128)(H,102,120)(H,103,125)(H,104,122)(H,105,127)(H,106,123)(H,118,119). The number of benzene rings is 3. The van der Waals surface area contributed by atoms with Gasteiger partial charge < -0.3 is 125 Å². The van der Waals surface area contributed by atoms with Gasteiger partial charge in [0.05, 0.1) is 24.8 Å². The molecule has 15 atom stereocenters. The molecule has 0 bridgehead atoms. The van der Waals surface area contributed by atoms with Crippen LogP contribution in [0.3, 0.4) is 0 Å². The maximum absolute atomic E-state index is 16.0. The third kappa shape index (κ3) is 29.4. The summed E-state index contributed by atoms with van der Waals surface area (Å²) in [6, 6.07) is -2.14. The summed E-state index contributed by atoms with van der Waals surface area (Å²) < 4.78 is 1.44. The molecule has 15 unspecified atom stereocenters. The van der Waals surface area contributed by atoms with Crippen LogP contribution >= 0.6 is 11.8 Å². The molecule has 42 nitrogen and oxygen atoms in total. The van der Waals surface area contributed by atoms with E-state index in [0.29, 0.717) is 64.2 Å². The van der Waals surface area contributed by atoms with Gasteiger partial charge in [0.25, 0.3) is 0 Å². The van der Waals surface area contributed by atoms with Gasteiger partial charge >= 0.3 is 5.97 Å². The molecule has 5 heterocycles. The Morgan fingerprint density at radius 1 is 0.545 bits per heavy atom. The van der Waals surface area contributed by atoms with Gasteiger partial charge in [-0.15, -0.1) is 11.8 Å². The van der Waals surface area contributed by atoms with E-state index in [0.717, 1.165) is 36.3 Å². The Kier molecular flexibility index (Phi) is 40.1. The van der Waals surface area contributed by atoms with Crippen LogP contribution in [-0.4, -0.2) is 312 Å². The second-order valence-corrected chi connectivity index (χ2v) is 36.3. The molecular formula is C91H131N21O21S. The SMILES string of the molecule is CCCCC1C(=O)N(C)C(CCCC)C(=O)NC(CC(C)C)C(=O)NC(C(=O)NCC(N)=O)CSCC(=O)NC(Cc2ccc(O)cc2)C(=O)N(C)C(C)C(=O)NC(CC(N)=O)C(=O)N2CCCC2C(=O)NC(CN)C(=O)NC(CC(C)C)C(=O)N2CC(O)CC2C(=O)NC(Cc2c[nH]c3ccccc23)C(=O)NC(CCN)C(=O)NC(Cc2cn(CC(=O)O)c3ccccc23)C(=O)N1C. The van der Waals surface area contributed by atoms with E-state index < -0.39 is 241 Å². The number of likely N-dealkylation sites (N-methyl/N-ethyl adjacent to an activating group) is 3. The second-order valence-electron chi connectivity index (χ2n) is 35.3. The van der Waals surface area contributed by atoms with Crippen molar-refractivity contribution in [2.75, 3.05) is 65.4 Å². The Labute approximate surface area is 781 Å². The van der Waals surface area contributed by atoms with Crippen molar-refractivity contribution in [3.63, 3.8) is 0 Å². The molecule has 0 aliphatic carbocycles. The van der Waals surface area contributed by atoms with Crippen molar-refractivity contribution in [1.29, 1.82) is 0 Å². The van der Waals surface area contributed by atoms with Crippen LogP contribution < -0.4 is 76.1 Å². The van der Waals surface area contributed by atoms with Gasteiger partial charge in [-0.2, -0.15) is 0 Å². The lowest BCUT2D eigenvalue weighted by Crippen LogP contribution is -2.62. The molecule has 732 valence electrons. The lowest BCUT2D eigenvalue weighted by Gasteiger charge is -2.36. The third-order valence-electron chi connectivity index (χ3n) is 24.1. The van der Waals surface area contributed by atoms with E-state index in [1.165, 1.54) is 63.1 Å². The number of amides is 17. The molecule has 0 saturated carbocycles. The van der Waals surface area contributed by atoms with E-state index in [4.69, 9.17) is 22.9 Å². The number of aliphatic carboxylic acids is 1. The number of aromatic amines is 1. The number of phenolic OH excluding ortho intramolecular Hbond substituents is 1. The Morgan fingerprint density at radius 3 is 1.73 bits per heavy atom. The minimum atomic E-state index is -1.77. The average molecular weight is 1890 g/mol. The van der Waals surface area contributed by atoms with Crippen LogP contribution in [0.15, 0.2) is 85.2 Å². The number of para-hydroxylation sites is 2. The molecule has 22 N–H and O–H groups in total. The average Bonchev–Trinajstić information content (AvgIpc) is 1.64. The zero-order valence-electron chi connectivity index (χ0n) is 77.5. The predicted molar refractivity (Wildman–Crippen MR) is 495 cm³/mol. The van der Waals surface area contributed by atoms with E-state index >= 15 is 33.6 Å². The number of H-pyrrole nitrogens is 1. The number of thioether (sulfide) groups is 1. The fourth-order valence-corrected chi connectivity index (χ4v) is 17.7. The van der Waals surface area contributed by atoms with Gasteiger partial charge in [-0.25, -0.2) is 0 Å². The summed E-state index contributed by atoms with van der Waals surface area (Å²) in [6.07, 6.45) is 0.961. The summed E-state index contributed by atoms with van der Waals surface area (Å²) in [5, 5.41) is 59.4. The van der Waals surface area contributed by atoms with Gasteiger partial charge in [0.2, 0.25) is 100 Å². The normalized spacial score (nSPS) is 24.9. The van der Waals surface area contributed by atoms with Crippen molar-refractivity contribution in [3.05, 3.63) is 102 Å². The van der Waals surface area contributed by atoms with Gasteiger partial charge in [-0.05, 0) is 111 Å². The number of carboxylic acid groups (broad SMARTS) is 1. The van der Waals surface area contributed by atoms with Crippen LogP contribution in [0.1, 0.15) is 149 Å². The summed E-state index contributed by atoms with van der Waals surface area (Å²) in [5.74, 6) is -18.8. The van der Waals surface area contributed by atoms with E-state index in [-0.39, 0.29) is 101 Å². The minimum Gasteiger partial charge on any atom is -0.508 e. The smallest absolute Gasteiger partial charge is 0.323 e. The highest BCUT2D eigenvalue weighted by Crippen LogP contribution is 2.29. The van der Waals surface area contributed by atoms with Crippen LogP contribution in [0.2, 0.25) is 0 Å². The molecule has 3 fully saturated rings. The number of carbonyl (C=O) groups is 18. The van der Waals surface area contributed by atoms with Gasteiger partial charge in [0.1, 0.15) is 96.9 Å². The molecule has 0 radical (unpaired) electrons. The first-order chi connectivity index (χ1) is 63.6. The zero-order chi connectivity index (χ0) is 98.6. The molecule has 3 saturated heterocycles. The Morgan fingerprint density at radius 2 is 1.09 bits per heavy atom. The van der Waals surface area contributed by atoms with Crippen molar-refractivity contribution < 1.29 is 102 Å². The van der Waals surface area contributed by atoms with Crippen molar-refractivity contribution >= 4 is 140 Å².